The summed E-state index contributed by atoms with van der Waals surface area (Å²) in [5, 5.41) is 5.05. The van der Waals surface area contributed by atoms with Crippen molar-refractivity contribution >= 4 is 48.8 Å². The Labute approximate surface area is 189 Å². The number of amides is 1. The number of sulfonamides is 1. The number of carbonyl (C=O) groups is 1. The molecule has 31 heavy (non-hydrogen) atoms. The van der Waals surface area contributed by atoms with Crippen molar-refractivity contribution in [2.75, 3.05) is 19.6 Å². The van der Waals surface area contributed by atoms with Gasteiger partial charge in [-0.1, -0.05) is 11.3 Å². The number of hydrogen-bond acceptors (Lipinski definition) is 6. The second-order valence-corrected chi connectivity index (χ2v) is 11.7. The van der Waals surface area contributed by atoms with Crippen LogP contribution in [0.25, 0.3) is 10.2 Å². The molecule has 166 valence electrons. The first-order valence-electron chi connectivity index (χ1n) is 10.2. The van der Waals surface area contributed by atoms with E-state index in [2.05, 4.69) is 23.7 Å². The Hall–Kier alpha value is -2.01. The van der Waals surface area contributed by atoms with E-state index in [1.165, 1.54) is 19.3 Å². The molecule has 1 aliphatic rings. The summed E-state index contributed by atoms with van der Waals surface area (Å²) in [6.07, 6.45) is 1.82. The molecule has 1 saturated heterocycles. The van der Waals surface area contributed by atoms with Gasteiger partial charge in [-0.2, -0.15) is 4.31 Å². The van der Waals surface area contributed by atoms with Gasteiger partial charge in [-0.3, -0.25) is 9.59 Å². The standard InChI is InChI=1S/C21H25N3O4S3/c1-14-8-12-29-18(14)5-9-22-20(25)15-6-10-24(11-7-15)31(27,28)16-3-4-17-19(13-16)30-21(26)23(17)2/h3-4,8,12-13,15H,5-7,9-11H2,1-2H3,(H,22,25). The predicted molar refractivity (Wildman–Crippen MR) is 124 cm³/mol. The maximum atomic E-state index is 13.1. The van der Waals surface area contributed by atoms with Crippen LogP contribution in [0, 0.1) is 12.8 Å². The zero-order valence-corrected chi connectivity index (χ0v) is 19.9. The van der Waals surface area contributed by atoms with Gasteiger partial charge in [0.25, 0.3) is 0 Å². The highest BCUT2D eigenvalue weighted by Gasteiger charge is 2.32. The van der Waals surface area contributed by atoms with E-state index in [1.807, 2.05) is 0 Å². The highest BCUT2D eigenvalue weighted by molar-refractivity contribution is 7.89. The van der Waals surface area contributed by atoms with E-state index in [9.17, 15) is 18.0 Å². The molecule has 7 nitrogen and oxygen atoms in total. The molecule has 0 bridgehead atoms. The smallest absolute Gasteiger partial charge is 0.307 e. The van der Waals surface area contributed by atoms with Gasteiger partial charge in [0.15, 0.2) is 0 Å². The minimum absolute atomic E-state index is 0.00161. The quantitative estimate of drug-likeness (QED) is 0.589. The minimum Gasteiger partial charge on any atom is -0.355 e. The molecule has 0 atom stereocenters. The Morgan fingerprint density at radius 2 is 1.97 bits per heavy atom. The van der Waals surface area contributed by atoms with Gasteiger partial charge in [0, 0.05) is 37.5 Å². The molecular weight excluding hydrogens is 454 g/mol. The van der Waals surface area contributed by atoms with E-state index in [0.29, 0.717) is 37.2 Å². The first-order chi connectivity index (χ1) is 14.8. The highest BCUT2D eigenvalue weighted by atomic mass is 32.2. The molecule has 0 aliphatic carbocycles. The third kappa shape index (κ3) is 4.48. The normalized spacial score (nSPS) is 16.1. The molecule has 1 aromatic carbocycles. The molecule has 0 radical (unpaired) electrons. The number of carbonyl (C=O) groups excluding carboxylic acids is 1. The summed E-state index contributed by atoms with van der Waals surface area (Å²) in [6, 6.07) is 6.88. The van der Waals surface area contributed by atoms with Crippen LogP contribution in [-0.4, -0.2) is 42.8 Å². The van der Waals surface area contributed by atoms with Crippen molar-refractivity contribution in [1.29, 1.82) is 0 Å². The van der Waals surface area contributed by atoms with E-state index in [1.54, 1.807) is 36.6 Å². The van der Waals surface area contributed by atoms with Crippen LogP contribution in [0.3, 0.4) is 0 Å². The van der Waals surface area contributed by atoms with E-state index >= 15 is 0 Å². The highest BCUT2D eigenvalue weighted by Crippen LogP contribution is 2.27. The van der Waals surface area contributed by atoms with Gasteiger partial charge in [-0.15, -0.1) is 11.3 Å². The topological polar surface area (TPSA) is 88.5 Å². The average Bonchev–Trinajstić information content (AvgIpc) is 3.30. The number of aromatic nitrogens is 1. The Kier molecular flexibility index (Phi) is 6.34. The number of nitrogens with one attached hydrogen (secondary N) is 1. The summed E-state index contributed by atoms with van der Waals surface area (Å²) in [5.74, 6) is -0.167. The lowest BCUT2D eigenvalue weighted by Crippen LogP contribution is -2.43. The lowest BCUT2D eigenvalue weighted by atomic mass is 9.97. The van der Waals surface area contributed by atoms with E-state index < -0.39 is 10.0 Å². The van der Waals surface area contributed by atoms with Crippen LogP contribution in [-0.2, 0) is 28.3 Å². The number of hydrogen-bond donors (Lipinski definition) is 1. The van der Waals surface area contributed by atoms with Crippen molar-refractivity contribution < 1.29 is 13.2 Å². The second-order valence-electron chi connectivity index (χ2n) is 7.80. The SMILES string of the molecule is Cc1ccsc1CCNC(=O)C1CCN(S(=O)(=O)c2ccc3c(c2)sc(=O)n3C)CC1. The molecule has 0 spiro atoms. The number of nitrogens with zero attached hydrogens (tertiary/aromatic N) is 2. The van der Waals surface area contributed by atoms with Gasteiger partial charge in [0.1, 0.15) is 0 Å². The number of fused-ring (bicyclic) bond motifs is 1. The van der Waals surface area contributed by atoms with E-state index in [-0.39, 0.29) is 21.6 Å². The van der Waals surface area contributed by atoms with E-state index in [4.69, 9.17) is 0 Å². The number of thiazole rings is 1. The van der Waals surface area contributed by atoms with Crippen molar-refractivity contribution in [3.63, 3.8) is 0 Å². The van der Waals surface area contributed by atoms with Crippen molar-refractivity contribution in [3.8, 4) is 0 Å². The predicted octanol–water partition coefficient (Wildman–Crippen LogP) is 2.73. The summed E-state index contributed by atoms with van der Waals surface area (Å²) in [4.78, 5) is 25.7. The maximum absolute atomic E-state index is 13.1. The van der Waals surface area contributed by atoms with Crippen molar-refractivity contribution in [2.24, 2.45) is 13.0 Å². The summed E-state index contributed by atoms with van der Waals surface area (Å²) in [6.45, 7) is 3.29. The maximum Gasteiger partial charge on any atom is 0.307 e. The van der Waals surface area contributed by atoms with Gasteiger partial charge < -0.3 is 9.88 Å². The molecule has 1 fully saturated rings. The Bertz CT molecular complexity index is 1260. The van der Waals surface area contributed by atoms with Gasteiger partial charge in [-0.05, 0) is 61.4 Å². The number of thiophene rings is 1. The zero-order valence-electron chi connectivity index (χ0n) is 17.5. The van der Waals surface area contributed by atoms with Gasteiger partial charge in [0.05, 0.1) is 15.1 Å². The first-order valence-corrected chi connectivity index (χ1v) is 13.3. The number of aryl methyl sites for hydroxylation is 2. The van der Waals surface area contributed by atoms with E-state index in [0.717, 1.165) is 23.3 Å². The third-order valence-corrected chi connectivity index (χ3v) is 9.82. The largest absolute Gasteiger partial charge is 0.355 e. The zero-order chi connectivity index (χ0) is 22.2. The molecule has 0 unspecified atom stereocenters. The number of piperidine rings is 1. The molecule has 4 rings (SSSR count). The Morgan fingerprint density at radius 3 is 2.65 bits per heavy atom. The molecular formula is C21H25N3O4S3. The molecule has 3 heterocycles. The molecule has 2 aromatic heterocycles. The van der Waals surface area contributed by atoms with Crippen LogP contribution in [0.15, 0.2) is 39.3 Å². The first kappa shape index (κ1) is 22.2. The average molecular weight is 480 g/mol. The molecule has 1 amide bonds. The molecule has 1 N–H and O–H groups in total. The number of rotatable bonds is 6. The van der Waals surface area contributed by atoms with Gasteiger partial charge >= 0.3 is 4.87 Å². The van der Waals surface area contributed by atoms with Crippen molar-refractivity contribution in [3.05, 3.63) is 49.8 Å². The Morgan fingerprint density at radius 1 is 1.23 bits per heavy atom. The fraction of sp³-hybridized carbons (Fsp3) is 0.429. The number of benzene rings is 1. The summed E-state index contributed by atoms with van der Waals surface area (Å²) < 4.78 is 29.8. The van der Waals surface area contributed by atoms with Crippen molar-refractivity contribution in [1.82, 2.24) is 14.2 Å². The molecule has 1 aliphatic heterocycles. The Balaban J connectivity index is 1.35. The molecule has 0 saturated carbocycles. The van der Waals surface area contributed by atoms with Crippen LogP contribution in [0.5, 0.6) is 0 Å². The fourth-order valence-electron chi connectivity index (χ4n) is 3.89. The van der Waals surface area contributed by atoms with Crippen molar-refractivity contribution in [2.45, 2.75) is 31.1 Å². The van der Waals surface area contributed by atoms with Gasteiger partial charge in [0.2, 0.25) is 15.9 Å². The lowest BCUT2D eigenvalue weighted by molar-refractivity contribution is -0.126. The minimum atomic E-state index is -3.66. The molecule has 3 aromatic rings. The summed E-state index contributed by atoms with van der Waals surface area (Å²) >= 11 is 2.74. The van der Waals surface area contributed by atoms with Crippen LogP contribution < -0.4 is 10.2 Å². The fourth-order valence-corrected chi connectivity index (χ4v) is 7.29. The van der Waals surface area contributed by atoms with Crippen LogP contribution in [0.2, 0.25) is 0 Å². The monoisotopic (exact) mass is 479 g/mol. The molecule has 10 heteroatoms. The summed E-state index contributed by atoms with van der Waals surface area (Å²) in [5.41, 5.74) is 1.97. The van der Waals surface area contributed by atoms with Crippen LogP contribution >= 0.6 is 22.7 Å². The van der Waals surface area contributed by atoms with Crippen LogP contribution in [0.4, 0.5) is 0 Å². The van der Waals surface area contributed by atoms with Crippen LogP contribution in [0.1, 0.15) is 23.3 Å². The van der Waals surface area contributed by atoms with Gasteiger partial charge in [-0.25, -0.2) is 8.42 Å². The lowest BCUT2D eigenvalue weighted by Gasteiger charge is -2.30. The second kappa shape index (κ2) is 8.85. The summed E-state index contributed by atoms with van der Waals surface area (Å²) in [7, 11) is -1.99. The third-order valence-electron chi connectivity index (χ3n) is 5.85.